The molecule has 0 atom stereocenters. The summed E-state index contributed by atoms with van der Waals surface area (Å²) in [6.07, 6.45) is 1.87. The van der Waals surface area contributed by atoms with E-state index in [0.717, 1.165) is 11.4 Å². The lowest BCUT2D eigenvalue weighted by molar-refractivity contribution is 1.07. The van der Waals surface area contributed by atoms with Crippen molar-refractivity contribution < 1.29 is 0 Å². The van der Waals surface area contributed by atoms with E-state index in [9.17, 15) is 0 Å². The Hall–Kier alpha value is -1.92. The minimum absolute atomic E-state index is 0.480. The van der Waals surface area contributed by atoms with Crippen molar-refractivity contribution in [2.24, 2.45) is 0 Å². The molecule has 0 saturated carbocycles. The van der Waals surface area contributed by atoms with Crippen LogP contribution in [0.4, 0.5) is 5.69 Å². The van der Waals surface area contributed by atoms with Crippen molar-refractivity contribution in [3.8, 4) is 6.07 Å². The van der Waals surface area contributed by atoms with Gasteiger partial charge in [0.2, 0.25) is 0 Å². The van der Waals surface area contributed by atoms with E-state index >= 15 is 0 Å². The number of aromatic nitrogens is 1. The Morgan fingerprint density at radius 3 is 2.94 bits per heavy atom. The first-order valence-electron chi connectivity index (χ1n) is 4.85. The number of nitrogens with zero attached hydrogens (tertiary/aromatic N) is 1. The maximum Gasteiger partial charge on any atom is 0.101 e. The Morgan fingerprint density at radius 2 is 2.25 bits per heavy atom. The molecule has 0 saturated heterocycles. The second kappa shape index (κ2) is 4.73. The van der Waals surface area contributed by atoms with E-state index in [0.29, 0.717) is 17.1 Å². The van der Waals surface area contributed by atoms with Gasteiger partial charge in [0.25, 0.3) is 0 Å². The smallest absolute Gasteiger partial charge is 0.101 e. The number of halogens is 1. The maximum absolute atomic E-state index is 8.83. The molecule has 3 nitrogen and oxygen atoms in total. The van der Waals surface area contributed by atoms with Gasteiger partial charge in [-0.25, -0.2) is 0 Å². The number of aromatic amines is 1. The van der Waals surface area contributed by atoms with Gasteiger partial charge in [-0.05, 0) is 30.3 Å². The van der Waals surface area contributed by atoms with E-state index in [1.807, 2.05) is 30.5 Å². The molecule has 16 heavy (non-hydrogen) atoms. The topological polar surface area (TPSA) is 51.6 Å². The summed E-state index contributed by atoms with van der Waals surface area (Å²) in [4.78, 5) is 3.09. The van der Waals surface area contributed by atoms with Crippen LogP contribution in [-0.4, -0.2) is 4.98 Å². The average molecular weight is 232 g/mol. The molecule has 1 aromatic carbocycles. The van der Waals surface area contributed by atoms with Gasteiger partial charge in [0.15, 0.2) is 0 Å². The summed E-state index contributed by atoms with van der Waals surface area (Å²) in [5, 5.41) is 12.5. The molecule has 0 unspecified atom stereocenters. The van der Waals surface area contributed by atoms with Crippen LogP contribution in [-0.2, 0) is 6.54 Å². The fourth-order valence-electron chi connectivity index (χ4n) is 1.40. The Morgan fingerprint density at radius 1 is 1.38 bits per heavy atom. The summed E-state index contributed by atoms with van der Waals surface area (Å²) in [5.41, 5.74) is 2.46. The number of hydrogen-bond donors (Lipinski definition) is 2. The lowest BCUT2D eigenvalue weighted by Crippen LogP contribution is -1.99. The third-order valence-corrected chi connectivity index (χ3v) is 2.56. The normalized spacial score (nSPS) is 9.75. The van der Waals surface area contributed by atoms with E-state index in [1.54, 1.807) is 12.1 Å². The first-order chi connectivity index (χ1) is 7.79. The zero-order valence-electron chi connectivity index (χ0n) is 8.50. The fourth-order valence-corrected chi connectivity index (χ4v) is 1.56. The van der Waals surface area contributed by atoms with Gasteiger partial charge in [0.05, 0.1) is 17.1 Å². The second-order valence-corrected chi connectivity index (χ2v) is 3.76. The van der Waals surface area contributed by atoms with Crippen LogP contribution in [0.5, 0.6) is 0 Å². The molecule has 2 N–H and O–H groups in total. The number of nitriles is 1. The molecular formula is C12H10ClN3. The second-order valence-electron chi connectivity index (χ2n) is 3.36. The monoisotopic (exact) mass is 231 g/mol. The Bertz CT molecular complexity index is 512. The van der Waals surface area contributed by atoms with Gasteiger partial charge in [0.1, 0.15) is 6.07 Å². The molecule has 1 heterocycles. The third-order valence-electron chi connectivity index (χ3n) is 2.23. The van der Waals surface area contributed by atoms with Gasteiger partial charge in [0, 0.05) is 17.6 Å². The SMILES string of the molecule is N#Cc1cc(NCc2ccc[nH]2)ccc1Cl. The number of nitrogens with one attached hydrogen (secondary N) is 2. The Kier molecular flexibility index (Phi) is 3.13. The van der Waals surface area contributed by atoms with E-state index in [1.165, 1.54) is 0 Å². The molecule has 4 heteroatoms. The summed E-state index contributed by atoms with van der Waals surface area (Å²) in [5.74, 6) is 0. The minimum atomic E-state index is 0.480. The van der Waals surface area contributed by atoms with E-state index in [4.69, 9.17) is 16.9 Å². The molecule has 2 aromatic rings. The summed E-state index contributed by atoms with van der Waals surface area (Å²) in [6, 6.07) is 11.3. The zero-order valence-corrected chi connectivity index (χ0v) is 9.25. The summed E-state index contributed by atoms with van der Waals surface area (Å²) in [6.45, 7) is 0.694. The average Bonchev–Trinajstić information content (AvgIpc) is 2.81. The quantitative estimate of drug-likeness (QED) is 0.853. The first kappa shape index (κ1) is 10.6. The number of benzene rings is 1. The summed E-state index contributed by atoms with van der Waals surface area (Å²) < 4.78 is 0. The first-order valence-corrected chi connectivity index (χ1v) is 5.23. The largest absolute Gasteiger partial charge is 0.379 e. The van der Waals surface area contributed by atoms with Crippen molar-refractivity contribution in [1.29, 1.82) is 5.26 Å². The summed E-state index contributed by atoms with van der Waals surface area (Å²) in [7, 11) is 0. The van der Waals surface area contributed by atoms with Crippen molar-refractivity contribution in [2.45, 2.75) is 6.54 Å². The van der Waals surface area contributed by atoms with Gasteiger partial charge < -0.3 is 10.3 Å². The van der Waals surface area contributed by atoms with Gasteiger partial charge >= 0.3 is 0 Å². The molecule has 0 spiro atoms. The fraction of sp³-hybridized carbons (Fsp3) is 0.0833. The maximum atomic E-state index is 8.83. The highest BCUT2D eigenvalue weighted by molar-refractivity contribution is 6.31. The summed E-state index contributed by atoms with van der Waals surface area (Å²) >= 11 is 5.84. The molecule has 1 aromatic heterocycles. The Balaban J connectivity index is 2.08. The molecule has 0 aliphatic carbocycles. The molecule has 80 valence electrons. The van der Waals surface area contributed by atoms with Crippen molar-refractivity contribution in [1.82, 2.24) is 4.98 Å². The lowest BCUT2D eigenvalue weighted by atomic mass is 10.2. The highest BCUT2D eigenvalue weighted by atomic mass is 35.5. The lowest BCUT2D eigenvalue weighted by Gasteiger charge is -2.05. The molecule has 0 bridgehead atoms. The van der Waals surface area contributed by atoms with Crippen LogP contribution in [0.15, 0.2) is 36.5 Å². The molecule has 0 fully saturated rings. The molecule has 0 aliphatic rings. The van der Waals surface area contributed by atoms with Gasteiger partial charge in [-0.1, -0.05) is 11.6 Å². The number of anilines is 1. The van der Waals surface area contributed by atoms with E-state index < -0.39 is 0 Å². The van der Waals surface area contributed by atoms with Crippen LogP contribution in [0.3, 0.4) is 0 Å². The molecule has 0 aliphatic heterocycles. The van der Waals surface area contributed by atoms with Crippen LogP contribution in [0, 0.1) is 11.3 Å². The van der Waals surface area contributed by atoms with E-state index in [2.05, 4.69) is 10.3 Å². The number of hydrogen-bond acceptors (Lipinski definition) is 2. The van der Waals surface area contributed by atoms with Gasteiger partial charge in [-0.3, -0.25) is 0 Å². The van der Waals surface area contributed by atoms with Crippen LogP contribution in [0.25, 0.3) is 0 Å². The van der Waals surface area contributed by atoms with Crippen molar-refractivity contribution >= 4 is 17.3 Å². The van der Waals surface area contributed by atoms with Crippen molar-refractivity contribution in [2.75, 3.05) is 5.32 Å². The zero-order chi connectivity index (χ0) is 11.4. The number of H-pyrrole nitrogens is 1. The minimum Gasteiger partial charge on any atom is -0.379 e. The predicted molar refractivity (Wildman–Crippen MR) is 64.3 cm³/mol. The molecular weight excluding hydrogens is 222 g/mol. The van der Waals surface area contributed by atoms with Crippen molar-refractivity contribution in [3.05, 3.63) is 52.8 Å². The van der Waals surface area contributed by atoms with Crippen molar-refractivity contribution in [3.63, 3.8) is 0 Å². The highest BCUT2D eigenvalue weighted by Gasteiger charge is 2.01. The van der Waals surface area contributed by atoms with Crippen LogP contribution < -0.4 is 5.32 Å². The highest BCUT2D eigenvalue weighted by Crippen LogP contribution is 2.19. The van der Waals surface area contributed by atoms with Crippen LogP contribution in [0.2, 0.25) is 5.02 Å². The number of rotatable bonds is 3. The van der Waals surface area contributed by atoms with E-state index in [-0.39, 0.29) is 0 Å². The molecule has 2 rings (SSSR count). The molecule has 0 radical (unpaired) electrons. The third kappa shape index (κ3) is 2.36. The standard InChI is InChI=1S/C12H10ClN3/c13-12-4-3-10(6-9(12)7-14)16-8-11-2-1-5-15-11/h1-6,15-16H,8H2. The predicted octanol–water partition coefficient (Wildman–Crippen LogP) is 3.15. The van der Waals surface area contributed by atoms with Crippen LogP contribution in [0.1, 0.15) is 11.3 Å². The molecule has 0 amide bonds. The van der Waals surface area contributed by atoms with Crippen LogP contribution >= 0.6 is 11.6 Å². The van der Waals surface area contributed by atoms with Gasteiger partial charge in [-0.15, -0.1) is 0 Å². The van der Waals surface area contributed by atoms with Gasteiger partial charge in [-0.2, -0.15) is 5.26 Å². The Labute approximate surface area is 98.7 Å².